The van der Waals surface area contributed by atoms with Crippen molar-refractivity contribution in [1.29, 1.82) is 0 Å². The predicted octanol–water partition coefficient (Wildman–Crippen LogP) is 4.36. The summed E-state index contributed by atoms with van der Waals surface area (Å²) in [5.74, 6) is 0.0475. The molecular weight excluding hydrogens is 453 g/mol. The molecule has 2 N–H and O–H groups in total. The number of carbonyl (C=O) groups is 2. The monoisotopic (exact) mass is 472 g/mol. The summed E-state index contributed by atoms with van der Waals surface area (Å²) in [5.41, 5.74) is 5.38. The Labute approximate surface area is 192 Å². The summed E-state index contributed by atoms with van der Waals surface area (Å²) < 4.78 is 45.0. The predicted molar refractivity (Wildman–Crippen MR) is 117 cm³/mol. The molecule has 1 aliphatic rings. The maximum absolute atomic E-state index is 13.1. The molecule has 1 fully saturated rings. The van der Waals surface area contributed by atoms with Gasteiger partial charge >= 0.3 is 12.2 Å². The van der Waals surface area contributed by atoms with Gasteiger partial charge in [0.1, 0.15) is 12.3 Å². The second kappa shape index (κ2) is 8.61. The van der Waals surface area contributed by atoms with Crippen LogP contribution in [0.5, 0.6) is 11.6 Å². The molecular formula is C22H19F3N6O3. The molecule has 0 unspecified atom stereocenters. The highest BCUT2D eigenvalue weighted by atomic mass is 19.4. The first-order valence-corrected chi connectivity index (χ1v) is 10.1. The molecule has 3 heterocycles. The van der Waals surface area contributed by atoms with E-state index < -0.39 is 30.2 Å². The van der Waals surface area contributed by atoms with E-state index in [1.807, 2.05) is 13.8 Å². The molecule has 0 bridgehead atoms. The first-order valence-electron chi connectivity index (χ1n) is 10.1. The number of alkyl halides is 3. The highest BCUT2D eigenvalue weighted by Gasteiger charge is 2.40. The first kappa shape index (κ1) is 23.0. The number of rotatable bonds is 5. The molecule has 2 aromatic heterocycles. The molecule has 34 heavy (non-hydrogen) atoms. The zero-order valence-electron chi connectivity index (χ0n) is 18.1. The molecule has 1 saturated heterocycles. The van der Waals surface area contributed by atoms with Crippen LogP contribution in [0.2, 0.25) is 0 Å². The number of pyridine rings is 1. The molecule has 3 amide bonds. The highest BCUT2D eigenvalue weighted by Crippen LogP contribution is 2.36. The first-order chi connectivity index (χ1) is 16.0. The minimum absolute atomic E-state index is 0.0395. The van der Waals surface area contributed by atoms with Gasteiger partial charge in [-0.3, -0.25) is 14.7 Å². The van der Waals surface area contributed by atoms with Gasteiger partial charge in [0, 0.05) is 18.5 Å². The number of hydrogen-bond acceptors (Lipinski definition) is 7. The zero-order chi connectivity index (χ0) is 24.6. The third kappa shape index (κ3) is 4.47. The number of aromatic nitrogens is 3. The number of imide groups is 1. The maximum Gasteiger partial charge on any atom is 0.417 e. The number of carbonyl (C=O) groups excluding carboxylic acids is 2. The highest BCUT2D eigenvalue weighted by molar-refractivity contribution is 6.27. The fraction of sp³-hybridized carbons (Fsp3) is 0.227. The Morgan fingerprint density at radius 1 is 1.09 bits per heavy atom. The van der Waals surface area contributed by atoms with Crippen LogP contribution in [0.1, 0.15) is 30.9 Å². The number of halogens is 3. The maximum atomic E-state index is 13.1. The topological polar surface area (TPSA) is 115 Å². The van der Waals surface area contributed by atoms with E-state index in [0.717, 1.165) is 22.1 Å². The van der Waals surface area contributed by atoms with Gasteiger partial charge in [0.15, 0.2) is 0 Å². The van der Waals surface area contributed by atoms with Gasteiger partial charge in [-0.15, -0.1) is 0 Å². The van der Waals surface area contributed by atoms with Crippen LogP contribution in [0.25, 0.3) is 0 Å². The summed E-state index contributed by atoms with van der Waals surface area (Å²) in [4.78, 5) is 39.0. The van der Waals surface area contributed by atoms with Crippen molar-refractivity contribution in [2.75, 3.05) is 22.1 Å². The molecule has 176 valence electrons. The quantitative estimate of drug-likeness (QED) is 0.549. The van der Waals surface area contributed by atoms with Crippen molar-refractivity contribution in [2.24, 2.45) is 0 Å². The normalized spacial score (nSPS) is 14.3. The van der Waals surface area contributed by atoms with Crippen LogP contribution in [0, 0.1) is 0 Å². The lowest BCUT2D eigenvalue weighted by molar-refractivity contribution is -0.137. The number of benzene rings is 1. The van der Waals surface area contributed by atoms with Crippen LogP contribution >= 0.6 is 0 Å². The van der Waals surface area contributed by atoms with Crippen LogP contribution < -0.4 is 20.3 Å². The Morgan fingerprint density at radius 2 is 1.85 bits per heavy atom. The Balaban J connectivity index is 1.65. The molecule has 1 aromatic carbocycles. The van der Waals surface area contributed by atoms with Crippen molar-refractivity contribution < 1.29 is 27.5 Å². The lowest BCUT2D eigenvalue weighted by atomic mass is 10.0. The van der Waals surface area contributed by atoms with Crippen molar-refractivity contribution in [3.05, 3.63) is 60.0 Å². The van der Waals surface area contributed by atoms with E-state index in [1.165, 1.54) is 18.3 Å². The number of anilines is 3. The van der Waals surface area contributed by atoms with Gasteiger partial charge in [-0.1, -0.05) is 13.8 Å². The van der Waals surface area contributed by atoms with E-state index >= 15 is 0 Å². The van der Waals surface area contributed by atoms with Crippen molar-refractivity contribution in [1.82, 2.24) is 15.0 Å². The van der Waals surface area contributed by atoms with Crippen molar-refractivity contribution >= 4 is 29.3 Å². The van der Waals surface area contributed by atoms with Crippen LogP contribution in [-0.4, -0.2) is 33.4 Å². The number of urea groups is 1. The second-order valence-electron chi connectivity index (χ2n) is 7.76. The molecule has 0 radical (unpaired) electrons. The molecule has 12 heteroatoms. The third-order valence-corrected chi connectivity index (χ3v) is 5.06. The Morgan fingerprint density at radius 3 is 2.53 bits per heavy atom. The molecule has 4 rings (SSSR count). The number of nitrogen functional groups attached to an aromatic ring is 1. The summed E-state index contributed by atoms with van der Waals surface area (Å²) in [6.45, 7) is 3.38. The summed E-state index contributed by atoms with van der Waals surface area (Å²) in [6, 6.07) is 6.24. The van der Waals surface area contributed by atoms with Crippen molar-refractivity contribution in [3.8, 4) is 11.6 Å². The lowest BCUT2D eigenvalue weighted by Crippen LogP contribution is -2.33. The van der Waals surface area contributed by atoms with Crippen molar-refractivity contribution in [3.63, 3.8) is 0 Å². The number of ether oxygens (including phenoxy) is 1. The van der Waals surface area contributed by atoms with Crippen molar-refractivity contribution in [2.45, 2.75) is 25.9 Å². The van der Waals surface area contributed by atoms with Crippen LogP contribution in [0.4, 0.5) is 35.3 Å². The molecule has 1 aliphatic heterocycles. The van der Waals surface area contributed by atoms with E-state index in [1.54, 1.807) is 12.1 Å². The molecule has 0 spiro atoms. The molecule has 3 aromatic rings. The average Bonchev–Trinajstić information content (AvgIpc) is 3.07. The van der Waals surface area contributed by atoms with Gasteiger partial charge in [0.2, 0.25) is 11.8 Å². The smallest absolute Gasteiger partial charge is 0.417 e. The van der Waals surface area contributed by atoms with E-state index in [4.69, 9.17) is 10.5 Å². The lowest BCUT2D eigenvalue weighted by Gasteiger charge is -2.20. The number of amides is 3. The Hall–Kier alpha value is -4.22. The Kier molecular flexibility index (Phi) is 5.82. The van der Waals surface area contributed by atoms with Crippen LogP contribution in [-0.2, 0) is 11.0 Å². The fourth-order valence-electron chi connectivity index (χ4n) is 3.43. The van der Waals surface area contributed by atoms with Gasteiger partial charge in [-0.25, -0.2) is 14.7 Å². The van der Waals surface area contributed by atoms with Gasteiger partial charge in [0.25, 0.3) is 5.91 Å². The molecule has 0 saturated carbocycles. The fourth-order valence-corrected chi connectivity index (χ4v) is 3.43. The van der Waals surface area contributed by atoms with E-state index in [-0.39, 0.29) is 29.1 Å². The van der Waals surface area contributed by atoms with E-state index in [0.29, 0.717) is 17.5 Å². The van der Waals surface area contributed by atoms with E-state index in [2.05, 4.69) is 15.0 Å². The molecule has 0 aliphatic carbocycles. The van der Waals surface area contributed by atoms with E-state index in [9.17, 15) is 22.8 Å². The number of nitrogens with two attached hydrogens (primary N) is 1. The summed E-state index contributed by atoms with van der Waals surface area (Å²) in [7, 11) is 0. The van der Waals surface area contributed by atoms with Gasteiger partial charge in [-0.2, -0.15) is 18.2 Å². The number of hydrogen-bond donors (Lipinski definition) is 1. The minimum Gasteiger partial charge on any atom is -0.439 e. The summed E-state index contributed by atoms with van der Waals surface area (Å²) in [5, 5.41) is 0. The molecule has 9 nitrogen and oxygen atoms in total. The second-order valence-corrected chi connectivity index (χ2v) is 7.76. The third-order valence-electron chi connectivity index (χ3n) is 5.06. The van der Waals surface area contributed by atoms with Crippen LogP contribution in [0.15, 0.2) is 48.9 Å². The molecule has 0 atom stereocenters. The number of nitrogens with zero attached hydrogens (tertiary/aromatic N) is 5. The largest absolute Gasteiger partial charge is 0.439 e. The van der Waals surface area contributed by atoms with Gasteiger partial charge < -0.3 is 10.5 Å². The Bertz CT molecular complexity index is 1260. The van der Waals surface area contributed by atoms with Crippen LogP contribution in [0.3, 0.4) is 0 Å². The van der Waals surface area contributed by atoms with Gasteiger partial charge in [0.05, 0.1) is 23.1 Å². The minimum atomic E-state index is -4.63. The summed E-state index contributed by atoms with van der Waals surface area (Å²) >= 11 is 0. The standard InChI is InChI=1S/C22H19F3N6O3/c1-12(2)16-8-14(3-4-17(16)34-18-5-6-28-20(26)29-18)31-19(32)11-30(21(31)33)15-7-13(9-27-10-15)22(23,24)25/h3-10,12H,11H2,1-2H3,(H2,26,28,29). The average molecular weight is 472 g/mol. The summed E-state index contributed by atoms with van der Waals surface area (Å²) in [6.07, 6.45) is -1.43. The zero-order valence-corrected chi connectivity index (χ0v) is 18.1. The van der Waals surface area contributed by atoms with Gasteiger partial charge in [-0.05, 0) is 35.7 Å². The SMILES string of the molecule is CC(C)c1cc(N2C(=O)CN(c3cncc(C(F)(F)F)c3)C2=O)ccc1Oc1ccnc(N)n1.